The molecule has 1 aromatic carbocycles. The van der Waals surface area contributed by atoms with E-state index in [1.807, 2.05) is 12.1 Å². The van der Waals surface area contributed by atoms with Crippen LogP contribution in [0.1, 0.15) is 6.42 Å². The van der Waals surface area contributed by atoms with Crippen molar-refractivity contribution in [2.75, 3.05) is 12.4 Å². The molecule has 0 aromatic heterocycles. The summed E-state index contributed by atoms with van der Waals surface area (Å²) >= 11 is 5.13. The maximum Gasteiger partial charge on any atom is 0.0446 e. The van der Waals surface area contributed by atoms with Gasteiger partial charge in [0.05, 0.1) is 0 Å². The third-order valence-electron chi connectivity index (χ3n) is 1.76. The van der Waals surface area contributed by atoms with E-state index in [1.165, 1.54) is 4.90 Å². The smallest absolute Gasteiger partial charge is 0.0446 e. The van der Waals surface area contributed by atoms with Crippen molar-refractivity contribution >= 4 is 27.7 Å². The van der Waals surface area contributed by atoms with E-state index >= 15 is 0 Å². The maximum absolute atomic E-state index is 8.68. The highest BCUT2D eigenvalue weighted by Gasteiger charge is 2.02. The van der Waals surface area contributed by atoms with Gasteiger partial charge in [0.15, 0.2) is 0 Å². The van der Waals surface area contributed by atoms with Crippen molar-refractivity contribution in [2.24, 2.45) is 5.73 Å². The lowest BCUT2D eigenvalue weighted by atomic mass is 10.3. The van der Waals surface area contributed by atoms with Crippen molar-refractivity contribution in [1.29, 1.82) is 0 Å². The van der Waals surface area contributed by atoms with Gasteiger partial charge < -0.3 is 10.8 Å². The van der Waals surface area contributed by atoms with Gasteiger partial charge in [-0.05, 0) is 24.6 Å². The van der Waals surface area contributed by atoms with Crippen molar-refractivity contribution in [3.63, 3.8) is 0 Å². The Balaban J connectivity index is 2.37. The summed E-state index contributed by atoms with van der Waals surface area (Å²) in [7, 11) is 0. The minimum absolute atomic E-state index is 0.0731. The normalized spacial score (nSPS) is 12.8. The Morgan fingerprint density at radius 3 is 2.93 bits per heavy atom. The van der Waals surface area contributed by atoms with Crippen molar-refractivity contribution in [2.45, 2.75) is 17.4 Å². The van der Waals surface area contributed by atoms with E-state index in [2.05, 4.69) is 28.1 Å². The lowest BCUT2D eigenvalue weighted by Gasteiger charge is -2.09. The molecule has 78 valence electrons. The Bertz CT molecular complexity index is 283. The summed E-state index contributed by atoms with van der Waals surface area (Å²) in [6.45, 7) is 0.167. The lowest BCUT2D eigenvalue weighted by Crippen LogP contribution is -2.23. The van der Waals surface area contributed by atoms with Gasteiger partial charge in [-0.2, -0.15) is 0 Å². The molecular formula is C10H14BrNOS. The predicted octanol–water partition coefficient (Wildman–Crippen LogP) is 2.25. The molecule has 0 aliphatic heterocycles. The molecule has 3 N–H and O–H groups in total. The second kappa shape index (κ2) is 6.45. The number of rotatable bonds is 5. The van der Waals surface area contributed by atoms with Gasteiger partial charge in [0, 0.05) is 27.8 Å². The largest absolute Gasteiger partial charge is 0.396 e. The fourth-order valence-electron chi connectivity index (χ4n) is 1.01. The van der Waals surface area contributed by atoms with Gasteiger partial charge in [-0.3, -0.25) is 0 Å². The molecule has 0 saturated carbocycles. The minimum Gasteiger partial charge on any atom is -0.396 e. The molecule has 0 spiro atoms. The van der Waals surface area contributed by atoms with Crippen LogP contribution >= 0.6 is 27.7 Å². The standard InChI is InChI=1S/C10H14BrNOS/c11-8-2-1-3-10(6-8)14-7-9(12)4-5-13/h1-3,6,9,13H,4-5,7,12H2. The predicted molar refractivity (Wildman–Crippen MR) is 64.5 cm³/mol. The van der Waals surface area contributed by atoms with E-state index < -0.39 is 0 Å². The van der Waals surface area contributed by atoms with Crippen LogP contribution in [0.2, 0.25) is 0 Å². The zero-order valence-electron chi connectivity index (χ0n) is 7.82. The van der Waals surface area contributed by atoms with Gasteiger partial charge in [0.1, 0.15) is 0 Å². The molecule has 0 amide bonds. The fraction of sp³-hybridized carbons (Fsp3) is 0.400. The Morgan fingerprint density at radius 2 is 2.29 bits per heavy atom. The molecule has 0 aliphatic carbocycles. The van der Waals surface area contributed by atoms with Gasteiger partial charge in [-0.15, -0.1) is 11.8 Å². The number of nitrogens with two attached hydrogens (primary N) is 1. The number of aliphatic hydroxyl groups is 1. The molecule has 1 unspecified atom stereocenters. The summed E-state index contributed by atoms with van der Waals surface area (Å²) < 4.78 is 1.08. The zero-order chi connectivity index (χ0) is 10.4. The SMILES string of the molecule is NC(CCO)CSc1cccc(Br)c1. The van der Waals surface area contributed by atoms with Crippen molar-refractivity contribution < 1.29 is 5.11 Å². The summed E-state index contributed by atoms with van der Waals surface area (Å²) in [6.07, 6.45) is 0.668. The average Bonchev–Trinajstić information content (AvgIpc) is 2.15. The van der Waals surface area contributed by atoms with Crippen LogP contribution in [0.25, 0.3) is 0 Å². The van der Waals surface area contributed by atoms with Crippen LogP contribution in [0.15, 0.2) is 33.6 Å². The molecule has 2 nitrogen and oxygen atoms in total. The Kier molecular flexibility index (Phi) is 5.55. The molecular weight excluding hydrogens is 262 g/mol. The number of benzene rings is 1. The van der Waals surface area contributed by atoms with Gasteiger partial charge in [-0.1, -0.05) is 22.0 Å². The minimum atomic E-state index is 0.0731. The summed E-state index contributed by atoms with van der Waals surface area (Å²) in [5, 5.41) is 8.68. The van der Waals surface area contributed by atoms with E-state index in [1.54, 1.807) is 11.8 Å². The number of halogens is 1. The van der Waals surface area contributed by atoms with E-state index in [0.717, 1.165) is 10.2 Å². The summed E-state index contributed by atoms with van der Waals surface area (Å²) in [6, 6.07) is 8.20. The number of hydrogen-bond donors (Lipinski definition) is 2. The van der Waals surface area contributed by atoms with Crippen LogP contribution in [0.4, 0.5) is 0 Å². The van der Waals surface area contributed by atoms with E-state index in [4.69, 9.17) is 10.8 Å². The first-order chi connectivity index (χ1) is 6.72. The Hall–Kier alpha value is -0.0300. The van der Waals surface area contributed by atoms with Crippen LogP contribution in [0.5, 0.6) is 0 Å². The zero-order valence-corrected chi connectivity index (χ0v) is 10.2. The molecule has 0 saturated heterocycles. The van der Waals surface area contributed by atoms with Crippen LogP contribution in [-0.4, -0.2) is 23.5 Å². The topological polar surface area (TPSA) is 46.2 Å². The van der Waals surface area contributed by atoms with Gasteiger partial charge in [0.2, 0.25) is 0 Å². The van der Waals surface area contributed by atoms with Crippen LogP contribution < -0.4 is 5.73 Å². The Morgan fingerprint density at radius 1 is 1.50 bits per heavy atom. The number of aliphatic hydroxyl groups excluding tert-OH is 1. The van der Waals surface area contributed by atoms with Crippen LogP contribution in [0, 0.1) is 0 Å². The molecule has 1 rings (SSSR count). The van der Waals surface area contributed by atoms with E-state index in [-0.39, 0.29) is 12.6 Å². The maximum atomic E-state index is 8.68. The van der Waals surface area contributed by atoms with Crippen molar-refractivity contribution in [3.8, 4) is 0 Å². The Labute approximate surface area is 97.0 Å². The molecule has 0 heterocycles. The van der Waals surface area contributed by atoms with Crippen LogP contribution in [0.3, 0.4) is 0 Å². The first kappa shape index (κ1) is 12.0. The lowest BCUT2D eigenvalue weighted by molar-refractivity contribution is 0.279. The summed E-state index contributed by atoms with van der Waals surface area (Å²) in [5.74, 6) is 0.844. The molecule has 0 bridgehead atoms. The number of hydrogen-bond acceptors (Lipinski definition) is 3. The highest BCUT2D eigenvalue weighted by molar-refractivity contribution is 9.10. The molecule has 4 heteroatoms. The molecule has 1 aromatic rings. The highest BCUT2D eigenvalue weighted by Crippen LogP contribution is 2.22. The van der Waals surface area contributed by atoms with E-state index in [9.17, 15) is 0 Å². The first-order valence-electron chi connectivity index (χ1n) is 4.47. The molecule has 0 fully saturated rings. The molecule has 14 heavy (non-hydrogen) atoms. The summed E-state index contributed by atoms with van der Waals surface area (Å²) in [5.41, 5.74) is 5.78. The van der Waals surface area contributed by atoms with Crippen molar-refractivity contribution in [1.82, 2.24) is 0 Å². The number of thioether (sulfide) groups is 1. The van der Waals surface area contributed by atoms with Gasteiger partial charge >= 0.3 is 0 Å². The fourth-order valence-corrected chi connectivity index (χ4v) is 2.52. The van der Waals surface area contributed by atoms with Gasteiger partial charge in [-0.25, -0.2) is 0 Å². The quantitative estimate of drug-likeness (QED) is 0.811. The van der Waals surface area contributed by atoms with Crippen LogP contribution in [-0.2, 0) is 0 Å². The van der Waals surface area contributed by atoms with E-state index in [0.29, 0.717) is 6.42 Å². The third-order valence-corrected chi connectivity index (χ3v) is 3.44. The van der Waals surface area contributed by atoms with Gasteiger partial charge in [0.25, 0.3) is 0 Å². The van der Waals surface area contributed by atoms with Crippen molar-refractivity contribution in [3.05, 3.63) is 28.7 Å². The molecule has 1 atom stereocenters. The molecule has 0 radical (unpaired) electrons. The first-order valence-corrected chi connectivity index (χ1v) is 6.25. The summed E-state index contributed by atoms with van der Waals surface area (Å²) in [4.78, 5) is 1.20. The second-order valence-corrected chi connectivity index (χ2v) is 5.05. The highest BCUT2D eigenvalue weighted by atomic mass is 79.9. The second-order valence-electron chi connectivity index (χ2n) is 3.04. The monoisotopic (exact) mass is 275 g/mol. The third kappa shape index (κ3) is 4.46. The molecule has 0 aliphatic rings. The average molecular weight is 276 g/mol.